The van der Waals surface area contributed by atoms with Crippen LogP contribution in [-0.4, -0.2) is 50.3 Å². The minimum atomic E-state index is -1.95. The summed E-state index contributed by atoms with van der Waals surface area (Å²) in [6, 6.07) is 13.0. The third-order valence-electron chi connectivity index (χ3n) is 10.5. The summed E-state index contributed by atoms with van der Waals surface area (Å²) < 4.78 is 16.3. The number of rotatable bonds is 11. The number of hydrogen-bond acceptors (Lipinski definition) is 7. The van der Waals surface area contributed by atoms with Gasteiger partial charge in [-0.15, -0.1) is 0 Å². The second-order valence-electron chi connectivity index (χ2n) is 13.3. The molecule has 1 fully saturated rings. The number of fused-ring (bicyclic) bond motifs is 13. The number of aliphatic hydroxyl groups is 1. The second-order valence-corrected chi connectivity index (χ2v) is 15.5. The Morgan fingerprint density at radius 2 is 1.64 bits per heavy atom. The van der Waals surface area contributed by atoms with Gasteiger partial charge in [0.1, 0.15) is 6.23 Å². The fourth-order valence-electron chi connectivity index (χ4n) is 8.14. The zero-order valence-corrected chi connectivity index (χ0v) is 29.0. The Labute approximate surface area is 282 Å². The number of aromatic nitrogens is 2. The number of esters is 1. The van der Waals surface area contributed by atoms with Crippen molar-refractivity contribution in [1.29, 1.82) is 0 Å². The zero-order chi connectivity index (χ0) is 32.7. The van der Waals surface area contributed by atoms with E-state index in [2.05, 4.69) is 60.1 Å². The van der Waals surface area contributed by atoms with Crippen molar-refractivity contribution in [3.63, 3.8) is 0 Å². The lowest BCUT2D eigenvalue weighted by Crippen LogP contribution is -2.56. The summed E-state index contributed by atoms with van der Waals surface area (Å²) >= 11 is 3.85. The summed E-state index contributed by atoms with van der Waals surface area (Å²) in [5.74, 6) is 3.19. The first-order valence-electron chi connectivity index (χ1n) is 16.8. The maximum Gasteiger partial charge on any atom is 0.343 e. The second kappa shape index (κ2) is 11.5. The molecule has 3 atom stereocenters. The molecule has 0 unspecified atom stereocenters. The quantitative estimate of drug-likeness (QED) is 0.110. The lowest BCUT2D eigenvalue weighted by atomic mass is 9.88. The molecular formula is C37H41N3O5S2. The number of amides is 1. The fraction of sp³-hybridized carbons (Fsp3) is 0.459. The molecule has 5 aromatic rings. The SMILES string of the molecule is CCCCSCc1ccc2c(c1)c1c3c(c4c5cc(CSCCCC)ccc5n5c4c1n2[C@@H]1C[C@@](O)(C(=O)OC)[C@@]5(C)O1)CNC3=O. The topological polar surface area (TPSA) is 94.7 Å². The Morgan fingerprint density at radius 1 is 1.00 bits per heavy atom. The van der Waals surface area contributed by atoms with E-state index in [1.807, 2.05) is 28.1 Å². The molecule has 2 aromatic heterocycles. The maximum atomic E-state index is 13.8. The molecule has 1 saturated heterocycles. The Bertz CT molecular complexity index is 2120. The highest BCUT2D eigenvalue weighted by molar-refractivity contribution is 7.98. The molecule has 1 amide bonds. The fourth-order valence-corrected chi connectivity index (χ4v) is 10.2. The predicted molar refractivity (Wildman–Crippen MR) is 191 cm³/mol. The van der Waals surface area contributed by atoms with Gasteiger partial charge in [0.2, 0.25) is 5.60 Å². The predicted octanol–water partition coefficient (Wildman–Crippen LogP) is 7.72. The van der Waals surface area contributed by atoms with Crippen molar-refractivity contribution in [1.82, 2.24) is 14.5 Å². The molecule has 3 aromatic carbocycles. The van der Waals surface area contributed by atoms with Gasteiger partial charge in [-0.25, -0.2) is 4.79 Å². The standard InChI is InChI=1S/C37H41N3O5S2/c1-5-7-13-46-19-21-9-11-26-23(15-21)30-31-25(18-38-34(31)41)29-24-16-22(20-47-14-8-6-2)10-12-27(24)40-33(29)32(30)39(26)28-17-37(43,35(42)44-4)36(40,3)45-28/h9-12,15-16,28,43H,5-8,13-14,17-20H2,1-4H3,(H,38,41)/t28-,36+,37+/m0/s1. The Hall–Kier alpha value is -3.18. The third-order valence-corrected chi connectivity index (χ3v) is 12.7. The molecule has 10 heteroatoms. The van der Waals surface area contributed by atoms with Crippen molar-refractivity contribution >= 4 is 79.0 Å². The van der Waals surface area contributed by atoms with Crippen LogP contribution in [0.3, 0.4) is 0 Å². The van der Waals surface area contributed by atoms with Gasteiger partial charge in [0.05, 0.1) is 34.7 Å². The van der Waals surface area contributed by atoms with Crippen LogP contribution in [0.2, 0.25) is 0 Å². The van der Waals surface area contributed by atoms with E-state index < -0.39 is 23.5 Å². The number of ether oxygens (including phenoxy) is 2. The van der Waals surface area contributed by atoms with Crippen molar-refractivity contribution < 1.29 is 24.2 Å². The van der Waals surface area contributed by atoms with Gasteiger partial charge < -0.3 is 29.0 Å². The van der Waals surface area contributed by atoms with Crippen LogP contribution >= 0.6 is 23.5 Å². The number of carbonyl (C=O) groups excluding carboxylic acids is 2. The Morgan fingerprint density at radius 3 is 2.28 bits per heavy atom. The van der Waals surface area contributed by atoms with E-state index in [0.717, 1.165) is 77.8 Å². The van der Waals surface area contributed by atoms with E-state index in [9.17, 15) is 14.7 Å². The van der Waals surface area contributed by atoms with Gasteiger partial charge in [-0.2, -0.15) is 23.5 Å². The van der Waals surface area contributed by atoms with Crippen LogP contribution in [0.25, 0.3) is 43.6 Å². The molecule has 246 valence electrons. The van der Waals surface area contributed by atoms with E-state index in [-0.39, 0.29) is 12.3 Å². The summed E-state index contributed by atoms with van der Waals surface area (Å²) in [6.45, 7) is 6.64. The summed E-state index contributed by atoms with van der Waals surface area (Å²) in [6.07, 6.45) is 4.05. The Balaban J connectivity index is 1.48. The normalized spacial score (nSPS) is 23.0. The first-order chi connectivity index (χ1) is 22.8. The number of nitrogens with zero attached hydrogens (tertiary/aromatic N) is 2. The number of benzene rings is 3. The highest BCUT2D eigenvalue weighted by Crippen LogP contribution is 2.58. The van der Waals surface area contributed by atoms with Crippen molar-refractivity contribution in [3.8, 4) is 0 Å². The molecule has 8 nitrogen and oxygen atoms in total. The van der Waals surface area contributed by atoms with Crippen molar-refractivity contribution in [2.75, 3.05) is 18.6 Å². The van der Waals surface area contributed by atoms with Crippen LogP contribution in [0.1, 0.15) is 86.2 Å². The van der Waals surface area contributed by atoms with E-state index >= 15 is 0 Å². The van der Waals surface area contributed by atoms with Crippen molar-refractivity contribution in [2.24, 2.45) is 0 Å². The lowest BCUT2D eigenvalue weighted by Gasteiger charge is -2.37. The number of carbonyl (C=O) groups is 2. The molecule has 2 N–H and O–H groups in total. The van der Waals surface area contributed by atoms with Crippen LogP contribution in [0.15, 0.2) is 36.4 Å². The number of hydrogen-bond donors (Lipinski definition) is 2. The molecule has 0 spiro atoms. The highest BCUT2D eigenvalue weighted by atomic mass is 32.2. The number of nitrogens with one attached hydrogen (secondary N) is 1. The van der Waals surface area contributed by atoms with Gasteiger partial charge in [-0.1, -0.05) is 38.8 Å². The smallest absolute Gasteiger partial charge is 0.343 e. The lowest BCUT2D eigenvalue weighted by molar-refractivity contribution is -0.202. The van der Waals surface area contributed by atoms with Crippen LogP contribution in [-0.2, 0) is 38.0 Å². The van der Waals surface area contributed by atoms with Gasteiger partial charge in [0.15, 0.2) is 5.72 Å². The van der Waals surface area contributed by atoms with Gasteiger partial charge in [-0.3, -0.25) is 4.79 Å². The van der Waals surface area contributed by atoms with Gasteiger partial charge in [0, 0.05) is 46.0 Å². The van der Waals surface area contributed by atoms with Crippen molar-refractivity contribution in [2.45, 2.75) is 88.5 Å². The summed E-state index contributed by atoms with van der Waals surface area (Å²) in [7, 11) is 1.31. The van der Waals surface area contributed by atoms with E-state index in [4.69, 9.17) is 9.47 Å². The number of thioether (sulfide) groups is 2. The average molecular weight is 672 g/mol. The molecular weight excluding hydrogens is 631 g/mol. The number of methoxy groups -OCH3 is 1. The highest BCUT2D eigenvalue weighted by Gasteiger charge is 2.65. The summed E-state index contributed by atoms with van der Waals surface area (Å²) in [5, 5.41) is 19.4. The molecule has 3 aliphatic heterocycles. The van der Waals surface area contributed by atoms with E-state index in [1.54, 1.807) is 6.92 Å². The van der Waals surface area contributed by atoms with Gasteiger partial charge in [-0.05, 0) is 72.2 Å². The number of unbranched alkanes of at least 4 members (excludes halogenated alkanes) is 2. The molecule has 5 heterocycles. The van der Waals surface area contributed by atoms with Crippen LogP contribution in [0, 0.1) is 0 Å². The minimum Gasteiger partial charge on any atom is -0.467 e. The van der Waals surface area contributed by atoms with E-state index in [0.29, 0.717) is 6.54 Å². The first-order valence-corrected chi connectivity index (χ1v) is 19.1. The minimum absolute atomic E-state index is 0.0136. The molecule has 47 heavy (non-hydrogen) atoms. The summed E-state index contributed by atoms with van der Waals surface area (Å²) in [5.41, 5.74) is 4.23. The average Bonchev–Trinajstić information content (AvgIpc) is 3.77. The molecule has 0 saturated carbocycles. The summed E-state index contributed by atoms with van der Waals surface area (Å²) in [4.78, 5) is 27.4. The molecule has 0 aliphatic carbocycles. The van der Waals surface area contributed by atoms with Gasteiger partial charge in [0.25, 0.3) is 5.91 Å². The van der Waals surface area contributed by atoms with Gasteiger partial charge >= 0.3 is 5.97 Å². The molecule has 2 bridgehead atoms. The van der Waals surface area contributed by atoms with E-state index in [1.165, 1.54) is 43.9 Å². The van der Waals surface area contributed by atoms with Crippen LogP contribution < -0.4 is 5.32 Å². The monoisotopic (exact) mass is 671 g/mol. The Kier molecular flexibility index (Phi) is 7.59. The maximum absolute atomic E-state index is 13.8. The largest absolute Gasteiger partial charge is 0.467 e. The van der Waals surface area contributed by atoms with Crippen LogP contribution in [0.5, 0.6) is 0 Å². The molecule has 0 radical (unpaired) electrons. The first kappa shape index (κ1) is 31.1. The zero-order valence-electron chi connectivity index (χ0n) is 27.4. The van der Waals surface area contributed by atoms with Crippen LogP contribution in [0.4, 0.5) is 0 Å². The molecule has 3 aliphatic rings. The van der Waals surface area contributed by atoms with Crippen molar-refractivity contribution in [3.05, 3.63) is 58.7 Å². The molecule has 8 rings (SSSR count). The third kappa shape index (κ3) is 4.30.